The number of hydrogen-bond donors (Lipinski definition) is 2. The Morgan fingerprint density at radius 1 is 1.24 bits per heavy atom. The van der Waals surface area contributed by atoms with E-state index in [-0.39, 0.29) is 30.0 Å². The van der Waals surface area contributed by atoms with Crippen LogP contribution in [0.25, 0.3) is 0 Å². The van der Waals surface area contributed by atoms with Crippen molar-refractivity contribution in [1.29, 1.82) is 0 Å². The van der Waals surface area contributed by atoms with Crippen molar-refractivity contribution in [2.24, 2.45) is 11.3 Å². The lowest BCUT2D eigenvalue weighted by atomic mass is 9.91. The number of hydrogen-bond acceptors (Lipinski definition) is 4. The highest BCUT2D eigenvalue weighted by Gasteiger charge is 2.33. The van der Waals surface area contributed by atoms with E-state index in [1.165, 1.54) is 6.08 Å². The number of benzene rings is 1. The Hall–Kier alpha value is -2.19. The first-order chi connectivity index (χ1) is 13.5. The number of nitrogens with zero attached hydrogens (tertiary/aromatic N) is 1. The lowest BCUT2D eigenvalue weighted by Crippen LogP contribution is -2.47. The molecule has 1 unspecified atom stereocenters. The molecule has 1 saturated heterocycles. The van der Waals surface area contributed by atoms with Crippen LogP contribution in [0.15, 0.2) is 36.9 Å². The van der Waals surface area contributed by atoms with Crippen molar-refractivity contribution in [1.82, 2.24) is 9.62 Å². The van der Waals surface area contributed by atoms with Crippen LogP contribution in [0.3, 0.4) is 0 Å². The van der Waals surface area contributed by atoms with Crippen molar-refractivity contribution < 1.29 is 18.0 Å². The van der Waals surface area contributed by atoms with Crippen molar-refractivity contribution in [3.05, 3.63) is 42.5 Å². The molecule has 0 bridgehead atoms. The topological polar surface area (TPSA) is 95.6 Å². The maximum atomic E-state index is 12.7. The summed E-state index contributed by atoms with van der Waals surface area (Å²) in [6, 6.07) is 6.74. The molecule has 1 aliphatic rings. The van der Waals surface area contributed by atoms with Gasteiger partial charge in [-0.05, 0) is 30.5 Å². The summed E-state index contributed by atoms with van der Waals surface area (Å²) in [5, 5.41) is 2.88. The van der Waals surface area contributed by atoms with E-state index >= 15 is 0 Å². The monoisotopic (exact) mass is 421 g/mol. The largest absolute Gasteiger partial charge is 0.341 e. The summed E-state index contributed by atoms with van der Waals surface area (Å²) in [7, 11) is -3.42. The van der Waals surface area contributed by atoms with Gasteiger partial charge in [-0.15, -0.1) is 6.58 Å². The minimum atomic E-state index is -3.42. The number of carbonyl (C=O) groups excluding carboxylic acids is 2. The van der Waals surface area contributed by atoms with Crippen molar-refractivity contribution in [3.8, 4) is 0 Å². The van der Waals surface area contributed by atoms with Gasteiger partial charge in [-0.25, -0.2) is 13.1 Å². The first-order valence-corrected chi connectivity index (χ1v) is 11.4. The maximum Gasteiger partial charge on any atom is 0.229 e. The first-order valence-electron chi connectivity index (χ1n) is 9.79. The van der Waals surface area contributed by atoms with E-state index < -0.39 is 15.4 Å². The molecule has 2 amide bonds. The molecule has 1 fully saturated rings. The number of sulfonamides is 1. The molecule has 2 rings (SSSR count). The Labute approximate surface area is 173 Å². The third-order valence-corrected chi connectivity index (χ3v) is 6.07. The molecule has 1 aromatic carbocycles. The molecule has 29 heavy (non-hydrogen) atoms. The molecule has 0 radical (unpaired) electrons. The van der Waals surface area contributed by atoms with Crippen LogP contribution in [0.4, 0.5) is 5.69 Å². The number of carbonyl (C=O) groups is 2. The van der Waals surface area contributed by atoms with Crippen LogP contribution >= 0.6 is 0 Å². The molecule has 0 aliphatic carbocycles. The minimum absolute atomic E-state index is 0.0608. The summed E-state index contributed by atoms with van der Waals surface area (Å²) in [6.45, 7) is 10.4. The van der Waals surface area contributed by atoms with Gasteiger partial charge in [0.05, 0.1) is 11.7 Å². The molecule has 1 heterocycles. The number of piperidine rings is 1. The normalized spacial score (nSPS) is 17.6. The second kappa shape index (κ2) is 9.54. The van der Waals surface area contributed by atoms with Gasteiger partial charge in [-0.3, -0.25) is 9.59 Å². The standard InChI is InChI=1S/C21H31N3O4S/c1-5-12-22-29(27,28)15-16-8-10-18(11-9-16)23-19(25)17-7-6-13-24(14-17)20(26)21(2,3)4/h5,8-11,17,22H,1,6-7,12-15H2,2-4H3,(H,23,25). The van der Waals surface area contributed by atoms with E-state index in [0.29, 0.717) is 24.3 Å². The quantitative estimate of drug-likeness (QED) is 0.661. The molecule has 1 aromatic rings. The van der Waals surface area contributed by atoms with Crippen LogP contribution in [0.5, 0.6) is 0 Å². The highest BCUT2D eigenvalue weighted by atomic mass is 32.2. The maximum absolute atomic E-state index is 12.7. The van der Waals surface area contributed by atoms with Gasteiger partial charge in [0, 0.05) is 30.7 Å². The Morgan fingerprint density at radius 2 is 1.90 bits per heavy atom. The zero-order chi connectivity index (χ0) is 21.7. The third-order valence-electron chi connectivity index (χ3n) is 4.75. The van der Waals surface area contributed by atoms with Crippen molar-refractivity contribution in [2.75, 3.05) is 25.0 Å². The summed E-state index contributed by atoms with van der Waals surface area (Å²) in [5.74, 6) is -0.449. The fourth-order valence-electron chi connectivity index (χ4n) is 3.23. The summed E-state index contributed by atoms with van der Waals surface area (Å²) < 4.78 is 26.3. The van der Waals surface area contributed by atoms with Gasteiger partial charge in [0.15, 0.2) is 0 Å². The van der Waals surface area contributed by atoms with Gasteiger partial charge in [0.25, 0.3) is 0 Å². The molecule has 0 aromatic heterocycles. The first kappa shape index (κ1) is 23.1. The highest BCUT2D eigenvalue weighted by Crippen LogP contribution is 2.24. The van der Waals surface area contributed by atoms with Gasteiger partial charge >= 0.3 is 0 Å². The number of amides is 2. The van der Waals surface area contributed by atoms with Crippen molar-refractivity contribution in [3.63, 3.8) is 0 Å². The molecule has 0 spiro atoms. The summed E-state index contributed by atoms with van der Waals surface area (Å²) in [4.78, 5) is 26.9. The predicted molar refractivity (Wildman–Crippen MR) is 115 cm³/mol. The van der Waals surface area contributed by atoms with Crippen molar-refractivity contribution >= 4 is 27.5 Å². The lowest BCUT2D eigenvalue weighted by molar-refractivity contribution is -0.142. The van der Waals surface area contributed by atoms with Crippen LogP contribution in [0.2, 0.25) is 0 Å². The molecular formula is C21H31N3O4S. The Morgan fingerprint density at radius 3 is 2.48 bits per heavy atom. The van der Waals surface area contributed by atoms with E-state index in [2.05, 4.69) is 16.6 Å². The van der Waals surface area contributed by atoms with E-state index in [0.717, 1.165) is 12.8 Å². The van der Waals surface area contributed by atoms with Gasteiger partial charge in [-0.1, -0.05) is 39.0 Å². The molecule has 160 valence electrons. The fourth-order valence-corrected chi connectivity index (χ4v) is 4.34. The average Bonchev–Trinajstić information content (AvgIpc) is 2.66. The second-order valence-corrected chi connectivity index (χ2v) is 10.2. The third kappa shape index (κ3) is 6.97. The second-order valence-electron chi connectivity index (χ2n) is 8.42. The molecule has 2 N–H and O–H groups in total. The van der Waals surface area contributed by atoms with Crippen LogP contribution < -0.4 is 10.0 Å². The molecule has 7 nitrogen and oxygen atoms in total. The van der Waals surface area contributed by atoms with Gasteiger partial charge < -0.3 is 10.2 Å². The van der Waals surface area contributed by atoms with E-state index in [1.807, 2.05) is 20.8 Å². The van der Waals surface area contributed by atoms with Crippen LogP contribution in [0, 0.1) is 11.3 Å². The van der Waals surface area contributed by atoms with Crippen LogP contribution in [-0.4, -0.2) is 44.8 Å². The zero-order valence-corrected chi connectivity index (χ0v) is 18.2. The predicted octanol–water partition coefficient (Wildman–Crippen LogP) is 2.52. The van der Waals surface area contributed by atoms with Gasteiger partial charge in [-0.2, -0.15) is 0 Å². The van der Waals surface area contributed by atoms with E-state index in [9.17, 15) is 18.0 Å². The molecule has 0 saturated carbocycles. The van der Waals surface area contributed by atoms with Gasteiger partial charge in [0.2, 0.25) is 21.8 Å². The summed E-state index contributed by atoms with van der Waals surface area (Å²) >= 11 is 0. The van der Waals surface area contributed by atoms with Gasteiger partial charge in [0.1, 0.15) is 0 Å². The molecule has 8 heteroatoms. The number of anilines is 1. The number of nitrogens with one attached hydrogen (secondary N) is 2. The summed E-state index contributed by atoms with van der Waals surface area (Å²) in [5.41, 5.74) is 0.767. The van der Waals surface area contributed by atoms with Crippen LogP contribution in [0.1, 0.15) is 39.2 Å². The number of rotatable bonds is 7. The summed E-state index contributed by atoms with van der Waals surface area (Å²) in [6.07, 6.45) is 3.02. The molecule has 1 atom stereocenters. The smallest absolute Gasteiger partial charge is 0.229 e. The average molecular weight is 422 g/mol. The Balaban J connectivity index is 1.95. The lowest BCUT2D eigenvalue weighted by Gasteiger charge is -2.35. The molecular weight excluding hydrogens is 390 g/mol. The SMILES string of the molecule is C=CCNS(=O)(=O)Cc1ccc(NC(=O)C2CCCN(C(=O)C(C)(C)C)C2)cc1. The Bertz CT molecular complexity index is 842. The fraction of sp³-hybridized carbons (Fsp3) is 0.524. The van der Waals surface area contributed by atoms with Crippen molar-refractivity contribution in [2.45, 2.75) is 39.4 Å². The van der Waals surface area contributed by atoms with E-state index in [1.54, 1.807) is 29.2 Å². The number of likely N-dealkylation sites (tertiary alicyclic amines) is 1. The molecule has 1 aliphatic heterocycles. The Kier molecular flexibility index (Phi) is 7.60. The van der Waals surface area contributed by atoms with E-state index in [4.69, 9.17) is 0 Å². The highest BCUT2D eigenvalue weighted by molar-refractivity contribution is 7.88. The minimum Gasteiger partial charge on any atom is -0.341 e. The zero-order valence-electron chi connectivity index (χ0n) is 17.4. The van der Waals surface area contributed by atoms with Crippen LogP contribution in [-0.2, 0) is 25.4 Å².